The van der Waals surface area contributed by atoms with Crippen LogP contribution >= 0.6 is 0 Å². The predicted octanol–water partition coefficient (Wildman–Crippen LogP) is 2.08. The second-order valence-electron chi connectivity index (χ2n) is 7.29. The number of rotatable bonds is 5. The van der Waals surface area contributed by atoms with Crippen LogP contribution in [-0.4, -0.2) is 53.5 Å². The quantitative estimate of drug-likeness (QED) is 0.840. The molecule has 1 rings (SSSR count). The molecule has 0 aromatic heterocycles. The monoisotopic (exact) mass is 283 g/mol. The molecule has 1 saturated heterocycles. The van der Waals surface area contributed by atoms with Gasteiger partial charge in [-0.1, -0.05) is 13.3 Å². The van der Waals surface area contributed by atoms with Crippen molar-refractivity contribution in [3.05, 3.63) is 0 Å². The minimum atomic E-state index is 0.134. The van der Waals surface area contributed by atoms with Crippen LogP contribution in [0.3, 0.4) is 0 Å². The molecule has 2 atom stereocenters. The van der Waals surface area contributed by atoms with Crippen LogP contribution in [0.25, 0.3) is 0 Å². The normalized spacial score (nSPS) is 20.8. The van der Waals surface area contributed by atoms with Gasteiger partial charge in [0.1, 0.15) is 0 Å². The summed E-state index contributed by atoms with van der Waals surface area (Å²) in [5.41, 5.74) is 5.96. The van der Waals surface area contributed by atoms with Crippen LogP contribution in [0, 0.1) is 5.92 Å². The topological polar surface area (TPSA) is 49.6 Å². The number of nitrogens with two attached hydrogens (primary N) is 1. The van der Waals surface area contributed by atoms with E-state index in [0.29, 0.717) is 5.91 Å². The summed E-state index contributed by atoms with van der Waals surface area (Å²) in [5, 5.41) is 0. The molecule has 1 aliphatic rings. The molecule has 0 aromatic rings. The van der Waals surface area contributed by atoms with Crippen molar-refractivity contribution in [2.75, 3.05) is 26.2 Å². The maximum atomic E-state index is 12.4. The molecule has 20 heavy (non-hydrogen) atoms. The summed E-state index contributed by atoms with van der Waals surface area (Å²) in [5.74, 6) is 0.457. The number of nitrogens with zero attached hydrogens (tertiary/aromatic N) is 2. The van der Waals surface area contributed by atoms with Crippen molar-refractivity contribution in [1.82, 2.24) is 9.80 Å². The fourth-order valence-corrected chi connectivity index (χ4v) is 2.78. The zero-order valence-corrected chi connectivity index (χ0v) is 14.0. The Labute approximate surface area is 124 Å². The Bertz CT molecular complexity index is 301. The van der Waals surface area contributed by atoms with Gasteiger partial charge in [0.15, 0.2) is 0 Å². The number of piperazine rings is 1. The highest BCUT2D eigenvalue weighted by Gasteiger charge is 2.29. The number of hydrogen-bond donors (Lipinski definition) is 1. The smallest absolute Gasteiger partial charge is 0.225 e. The molecule has 1 fully saturated rings. The van der Waals surface area contributed by atoms with E-state index in [1.807, 2.05) is 11.8 Å². The lowest BCUT2D eigenvalue weighted by Gasteiger charge is -2.42. The second-order valence-corrected chi connectivity index (χ2v) is 7.29. The summed E-state index contributed by atoms with van der Waals surface area (Å²) < 4.78 is 0. The predicted molar refractivity (Wildman–Crippen MR) is 84.6 cm³/mol. The van der Waals surface area contributed by atoms with Crippen molar-refractivity contribution in [2.45, 2.75) is 65.5 Å². The third-order valence-corrected chi connectivity index (χ3v) is 4.26. The zero-order chi connectivity index (χ0) is 15.3. The maximum absolute atomic E-state index is 12.4. The van der Waals surface area contributed by atoms with Crippen molar-refractivity contribution in [3.8, 4) is 0 Å². The Morgan fingerprint density at radius 3 is 2.10 bits per heavy atom. The number of carbonyl (C=O) groups is 1. The summed E-state index contributed by atoms with van der Waals surface area (Å²) in [6.07, 6.45) is 3.02. The van der Waals surface area contributed by atoms with Gasteiger partial charge in [-0.2, -0.15) is 0 Å². The van der Waals surface area contributed by atoms with Gasteiger partial charge >= 0.3 is 0 Å². The first-order valence-corrected chi connectivity index (χ1v) is 8.01. The molecule has 0 saturated carbocycles. The van der Waals surface area contributed by atoms with E-state index in [9.17, 15) is 4.79 Å². The minimum Gasteiger partial charge on any atom is -0.340 e. The third kappa shape index (κ3) is 5.41. The fourth-order valence-electron chi connectivity index (χ4n) is 2.78. The molecule has 2 N–H and O–H groups in total. The molecule has 0 radical (unpaired) electrons. The van der Waals surface area contributed by atoms with Crippen molar-refractivity contribution in [1.29, 1.82) is 0 Å². The zero-order valence-electron chi connectivity index (χ0n) is 14.0. The van der Waals surface area contributed by atoms with Crippen LogP contribution in [0.1, 0.15) is 53.9 Å². The molecule has 2 unspecified atom stereocenters. The van der Waals surface area contributed by atoms with Gasteiger partial charge in [0.05, 0.1) is 0 Å². The van der Waals surface area contributed by atoms with E-state index in [-0.39, 0.29) is 17.5 Å². The standard InChI is InChI=1S/C16H33N3O/c1-13(7-6-8-14(2)17)15(20)18-9-11-19(12-10-18)16(3,4)5/h13-14H,6-12,17H2,1-5H3. The maximum Gasteiger partial charge on any atom is 0.225 e. The van der Waals surface area contributed by atoms with Crippen LogP contribution in [0.15, 0.2) is 0 Å². The molecule has 118 valence electrons. The SMILES string of the molecule is CC(N)CCCC(C)C(=O)N1CCN(C(C)(C)C)CC1. The summed E-state index contributed by atoms with van der Waals surface area (Å²) >= 11 is 0. The molecule has 0 aliphatic carbocycles. The van der Waals surface area contributed by atoms with Gasteiger partial charge in [0, 0.05) is 43.7 Å². The largest absolute Gasteiger partial charge is 0.340 e. The molecular weight excluding hydrogens is 250 g/mol. The van der Waals surface area contributed by atoms with E-state index in [0.717, 1.165) is 45.4 Å². The third-order valence-electron chi connectivity index (χ3n) is 4.26. The number of carbonyl (C=O) groups excluding carboxylic acids is 1. The lowest BCUT2D eigenvalue weighted by atomic mass is 10.00. The summed E-state index contributed by atoms with van der Waals surface area (Å²) in [6, 6.07) is 0.243. The van der Waals surface area contributed by atoms with E-state index in [1.54, 1.807) is 0 Å². The minimum absolute atomic E-state index is 0.134. The van der Waals surface area contributed by atoms with Gasteiger partial charge < -0.3 is 10.6 Å². The van der Waals surface area contributed by atoms with E-state index in [2.05, 4.69) is 32.6 Å². The summed E-state index contributed by atoms with van der Waals surface area (Å²) in [7, 11) is 0. The molecule has 1 amide bonds. The first kappa shape index (κ1) is 17.4. The number of amides is 1. The molecule has 0 spiro atoms. The van der Waals surface area contributed by atoms with E-state index < -0.39 is 0 Å². The van der Waals surface area contributed by atoms with Crippen molar-refractivity contribution in [3.63, 3.8) is 0 Å². The second kappa shape index (κ2) is 7.41. The lowest BCUT2D eigenvalue weighted by molar-refractivity contribution is -0.137. The highest BCUT2D eigenvalue weighted by Crippen LogP contribution is 2.18. The molecule has 0 bridgehead atoms. The van der Waals surface area contributed by atoms with Gasteiger partial charge in [0.25, 0.3) is 0 Å². The molecule has 0 aromatic carbocycles. The average molecular weight is 283 g/mol. The molecular formula is C16H33N3O. The van der Waals surface area contributed by atoms with Gasteiger partial charge in [-0.3, -0.25) is 9.69 Å². The molecule has 4 heteroatoms. The first-order valence-electron chi connectivity index (χ1n) is 8.01. The Morgan fingerprint density at radius 1 is 1.10 bits per heavy atom. The Kier molecular flexibility index (Phi) is 6.46. The Hall–Kier alpha value is -0.610. The highest BCUT2D eigenvalue weighted by atomic mass is 16.2. The molecule has 4 nitrogen and oxygen atoms in total. The van der Waals surface area contributed by atoms with E-state index >= 15 is 0 Å². The van der Waals surface area contributed by atoms with E-state index in [4.69, 9.17) is 5.73 Å². The van der Waals surface area contributed by atoms with Gasteiger partial charge in [-0.15, -0.1) is 0 Å². The molecule has 1 aliphatic heterocycles. The molecule has 1 heterocycles. The van der Waals surface area contributed by atoms with Gasteiger partial charge in [-0.25, -0.2) is 0 Å². The van der Waals surface area contributed by atoms with Crippen molar-refractivity contribution in [2.24, 2.45) is 11.7 Å². The van der Waals surface area contributed by atoms with Crippen LogP contribution in [-0.2, 0) is 4.79 Å². The van der Waals surface area contributed by atoms with Crippen molar-refractivity contribution >= 4 is 5.91 Å². The van der Waals surface area contributed by atoms with E-state index in [1.165, 1.54) is 0 Å². The fraction of sp³-hybridized carbons (Fsp3) is 0.938. The highest BCUT2D eigenvalue weighted by molar-refractivity contribution is 5.78. The Balaban J connectivity index is 2.35. The number of hydrogen-bond acceptors (Lipinski definition) is 3. The van der Waals surface area contributed by atoms with Crippen LogP contribution in [0.5, 0.6) is 0 Å². The average Bonchev–Trinajstić information content (AvgIpc) is 2.36. The Morgan fingerprint density at radius 2 is 1.65 bits per heavy atom. The first-order chi connectivity index (χ1) is 9.21. The van der Waals surface area contributed by atoms with Crippen LogP contribution in [0.2, 0.25) is 0 Å². The lowest BCUT2D eigenvalue weighted by Crippen LogP contribution is -2.55. The van der Waals surface area contributed by atoms with Crippen LogP contribution in [0.4, 0.5) is 0 Å². The van der Waals surface area contributed by atoms with Gasteiger partial charge in [0.2, 0.25) is 5.91 Å². The summed E-state index contributed by atoms with van der Waals surface area (Å²) in [6.45, 7) is 14.5. The van der Waals surface area contributed by atoms with Gasteiger partial charge in [-0.05, 0) is 40.5 Å². The van der Waals surface area contributed by atoms with Crippen molar-refractivity contribution < 1.29 is 4.79 Å². The summed E-state index contributed by atoms with van der Waals surface area (Å²) in [4.78, 5) is 16.9. The van der Waals surface area contributed by atoms with Crippen LogP contribution < -0.4 is 5.73 Å².